The molecular formula is C32H33FLiNO5S. The van der Waals surface area contributed by atoms with E-state index in [1.165, 1.54) is 23.9 Å². The van der Waals surface area contributed by atoms with Crippen LogP contribution < -0.4 is 24.2 Å². The number of amides is 1. The van der Waals surface area contributed by atoms with Crippen LogP contribution in [0.1, 0.15) is 48.1 Å². The number of hydrogen-bond donors (Lipinski definition) is 2. The van der Waals surface area contributed by atoms with Gasteiger partial charge in [0.1, 0.15) is 29.5 Å². The molecule has 0 radical (unpaired) electrons. The Kier molecular flexibility index (Phi) is 11.9. The van der Waals surface area contributed by atoms with Crippen LogP contribution in [-0.2, 0) is 16.1 Å². The van der Waals surface area contributed by atoms with Gasteiger partial charge in [0.15, 0.2) is 0 Å². The third-order valence-electron chi connectivity index (χ3n) is 6.63. The van der Waals surface area contributed by atoms with E-state index in [0.29, 0.717) is 34.8 Å². The molecule has 1 amide bonds. The topological polar surface area (TPSA) is 88.8 Å². The molecule has 4 rings (SSSR count). The normalized spacial score (nSPS) is 12.3. The summed E-state index contributed by atoms with van der Waals surface area (Å²) >= 11 is 1.53. The van der Waals surface area contributed by atoms with E-state index in [1.54, 1.807) is 18.2 Å². The van der Waals surface area contributed by atoms with Gasteiger partial charge in [-0.1, -0.05) is 30.3 Å². The molecule has 2 N–H and O–H groups in total. The summed E-state index contributed by atoms with van der Waals surface area (Å²) < 4.78 is 25.3. The van der Waals surface area contributed by atoms with Crippen LogP contribution in [0, 0.1) is 12.7 Å². The first kappa shape index (κ1) is 32.2. The van der Waals surface area contributed by atoms with Crippen LogP contribution in [0.5, 0.6) is 0 Å². The molecule has 0 aliphatic rings. The molecule has 0 aliphatic heterocycles. The van der Waals surface area contributed by atoms with Crippen molar-refractivity contribution in [3.8, 4) is 22.5 Å². The van der Waals surface area contributed by atoms with E-state index in [4.69, 9.17) is 9.15 Å². The Labute approximate surface area is 257 Å². The summed E-state index contributed by atoms with van der Waals surface area (Å²) in [6.45, 7) is 4.12. The molecule has 2 atom stereocenters. The fourth-order valence-electron chi connectivity index (χ4n) is 4.35. The third-order valence-corrected chi connectivity index (χ3v) is 7.28. The van der Waals surface area contributed by atoms with Crippen molar-refractivity contribution in [3.05, 3.63) is 107 Å². The Balaban J connectivity index is 0.00000308. The van der Waals surface area contributed by atoms with Gasteiger partial charge < -0.3 is 21.0 Å². The summed E-state index contributed by atoms with van der Waals surface area (Å²) in [7, 11) is 0. The summed E-state index contributed by atoms with van der Waals surface area (Å²) in [5, 5.41) is 12.3. The molecule has 2 unspecified atom stereocenters. The van der Waals surface area contributed by atoms with Crippen molar-refractivity contribution in [1.82, 2.24) is 5.32 Å². The summed E-state index contributed by atoms with van der Waals surface area (Å²) in [5.74, 6) is 0.0884. The van der Waals surface area contributed by atoms with Gasteiger partial charge in [-0.15, -0.1) is 0 Å². The molecule has 0 spiro atoms. The zero-order valence-electron chi connectivity index (χ0n) is 24.6. The molecule has 6 nitrogen and oxygen atoms in total. The largest absolute Gasteiger partial charge is 1.00 e. The Morgan fingerprint density at radius 3 is 2.46 bits per heavy atom. The Morgan fingerprint density at radius 1 is 1.05 bits per heavy atom. The third kappa shape index (κ3) is 8.37. The first-order chi connectivity index (χ1) is 19.3. The Bertz CT molecular complexity index is 1480. The maximum absolute atomic E-state index is 13.3. The van der Waals surface area contributed by atoms with E-state index in [2.05, 4.69) is 5.32 Å². The number of thioether (sulfide) groups is 1. The minimum absolute atomic E-state index is 0. The number of aryl methyl sites for hydroxylation is 1. The SMILES string of the molecule is CSCCC(NC(=O)c1ccc(COC(C)c2ccc(-c3ccc(F)cc3)o2)cc1-c1ccccc1C)C(=O)O.[H-].[Li+]. The van der Waals surface area contributed by atoms with Gasteiger partial charge in [0, 0.05) is 11.1 Å². The smallest absolute Gasteiger partial charge is 1.00 e. The Morgan fingerprint density at radius 2 is 1.78 bits per heavy atom. The van der Waals surface area contributed by atoms with Crippen molar-refractivity contribution in [3.63, 3.8) is 0 Å². The second kappa shape index (κ2) is 15.1. The molecule has 0 saturated heterocycles. The fourth-order valence-corrected chi connectivity index (χ4v) is 4.82. The van der Waals surface area contributed by atoms with Gasteiger partial charge in [0.25, 0.3) is 5.91 Å². The van der Waals surface area contributed by atoms with Crippen LogP contribution in [0.4, 0.5) is 4.39 Å². The van der Waals surface area contributed by atoms with E-state index in [1.807, 2.05) is 68.6 Å². The number of carboxylic acids is 1. The number of hydrogen-bond acceptors (Lipinski definition) is 5. The standard InChI is InChI=1S/C32H32FNO5S.Li.H/c1-20-6-4-5-7-25(20)27-18-22(8-13-26(27)31(35)34-28(32(36)37)16-17-40-3)19-38-21(2)29-14-15-30(39-29)23-9-11-24(33)12-10-23;;/h4-15,18,21,28H,16-17,19H2,1-3H3,(H,34,35)(H,36,37);;/q;+1;-1. The molecule has 9 heteroatoms. The average Bonchev–Trinajstić information content (AvgIpc) is 3.45. The molecule has 0 saturated carbocycles. The van der Waals surface area contributed by atoms with Crippen molar-refractivity contribution in [2.75, 3.05) is 12.0 Å². The number of carbonyl (C=O) groups is 2. The number of aliphatic carboxylic acids is 1. The molecule has 4 aromatic rings. The van der Waals surface area contributed by atoms with Crippen molar-refractivity contribution in [1.29, 1.82) is 0 Å². The van der Waals surface area contributed by atoms with Crippen LogP contribution in [0.15, 0.2) is 83.3 Å². The number of furan rings is 1. The first-order valence-electron chi connectivity index (χ1n) is 13.0. The van der Waals surface area contributed by atoms with Crippen LogP contribution >= 0.6 is 11.8 Å². The maximum Gasteiger partial charge on any atom is 1.00 e. The molecular weight excluding hydrogens is 536 g/mol. The van der Waals surface area contributed by atoms with Gasteiger partial charge >= 0.3 is 24.8 Å². The number of rotatable bonds is 12. The summed E-state index contributed by atoms with van der Waals surface area (Å²) in [6, 6.07) is 22.0. The zero-order valence-corrected chi connectivity index (χ0v) is 24.5. The predicted octanol–water partition coefficient (Wildman–Crippen LogP) is 4.39. The second-order valence-electron chi connectivity index (χ2n) is 9.50. The van der Waals surface area contributed by atoms with Crippen molar-refractivity contribution >= 4 is 23.6 Å². The molecule has 1 heterocycles. The maximum atomic E-state index is 13.3. The quantitative estimate of drug-likeness (QED) is 0.246. The number of benzene rings is 3. The van der Waals surface area contributed by atoms with Crippen LogP contribution in [0.3, 0.4) is 0 Å². The summed E-state index contributed by atoms with van der Waals surface area (Å²) in [5.41, 5.74) is 4.60. The number of halogens is 1. The van der Waals surface area contributed by atoms with Gasteiger partial charge in [-0.3, -0.25) is 4.79 Å². The van der Waals surface area contributed by atoms with Gasteiger partial charge in [0.2, 0.25) is 0 Å². The van der Waals surface area contributed by atoms with E-state index in [9.17, 15) is 19.1 Å². The van der Waals surface area contributed by atoms with Crippen LogP contribution in [0.2, 0.25) is 0 Å². The number of carboxylic acid groups (broad SMARTS) is 1. The molecule has 41 heavy (non-hydrogen) atoms. The van der Waals surface area contributed by atoms with Crippen molar-refractivity contribution < 1.29 is 48.5 Å². The van der Waals surface area contributed by atoms with Gasteiger partial charge in [0.05, 0.1) is 6.61 Å². The van der Waals surface area contributed by atoms with Crippen molar-refractivity contribution in [2.24, 2.45) is 0 Å². The minimum atomic E-state index is -1.06. The van der Waals surface area contributed by atoms with E-state index >= 15 is 0 Å². The summed E-state index contributed by atoms with van der Waals surface area (Å²) in [4.78, 5) is 25.0. The van der Waals surface area contributed by atoms with E-state index in [0.717, 1.165) is 22.3 Å². The monoisotopic (exact) mass is 569 g/mol. The van der Waals surface area contributed by atoms with Gasteiger partial charge in [-0.2, -0.15) is 11.8 Å². The molecule has 210 valence electrons. The van der Waals surface area contributed by atoms with Gasteiger partial charge in [-0.25, -0.2) is 9.18 Å². The van der Waals surface area contributed by atoms with E-state index < -0.39 is 17.9 Å². The number of nitrogens with one attached hydrogen (secondary N) is 1. The summed E-state index contributed by atoms with van der Waals surface area (Å²) in [6.07, 6.45) is 1.88. The Hall–Kier alpha value is -3.28. The minimum Gasteiger partial charge on any atom is -1.00 e. The molecule has 0 bridgehead atoms. The van der Waals surface area contributed by atoms with Crippen LogP contribution in [-0.4, -0.2) is 35.0 Å². The molecule has 3 aromatic carbocycles. The van der Waals surface area contributed by atoms with Crippen LogP contribution in [0.25, 0.3) is 22.5 Å². The predicted molar refractivity (Wildman–Crippen MR) is 157 cm³/mol. The second-order valence-corrected chi connectivity index (χ2v) is 10.5. The number of ether oxygens (including phenoxy) is 1. The zero-order chi connectivity index (χ0) is 28.6. The fraction of sp³-hybridized carbons (Fsp3) is 0.250. The molecule has 1 aromatic heterocycles. The molecule has 0 fully saturated rings. The average molecular weight is 570 g/mol. The number of carbonyl (C=O) groups excluding carboxylic acids is 1. The first-order valence-corrected chi connectivity index (χ1v) is 14.3. The van der Waals surface area contributed by atoms with Crippen molar-refractivity contribution in [2.45, 2.75) is 39.0 Å². The van der Waals surface area contributed by atoms with E-state index in [-0.39, 0.29) is 38.8 Å². The van der Waals surface area contributed by atoms with Gasteiger partial charge in [-0.05, 0) is 103 Å². The molecule has 0 aliphatic carbocycles.